The van der Waals surface area contributed by atoms with Gasteiger partial charge in [-0.25, -0.2) is 14.4 Å². The van der Waals surface area contributed by atoms with E-state index in [2.05, 4.69) is 27.2 Å². The first-order chi connectivity index (χ1) is 14.5. The molecular formula is C22H21ClFN5O. The molecule has 1 amide bonds. The van der Waals surface area contributed by atoms with Gasteiger partial charge in [-0.1, -0.05) is 18.2 Å². The highest BCUT2D eigenvalue weighted by molar-refractivity contribution is 6.31. The Labute approximate surface area is 178 Å². The summed E-state index contributed by atoms with van der Waals surface area (Å²) in [6, 6.07) is 10.6. The van der Waals surface area contributed by atoms with Crippen LogP contribution >= 0.6 is 11.6 Å². The molecular weight excluding hydrogens is 405 g/mol. The Morgan fingerprint density at radius 3 is 2.67 bits per heavy atom. The molecule has 0 spiro atoms. The van der Waals surface area contributed by atoms with Crippen LogP contribution in [0.15, 0.2) is 55.4 Å². The maximum atomic E-state index is 13.4. The predicted octanol–water partition coefficient (Wildman–Crippen LogP) is 4.75. The van der Waals surface area contributed by atoms with Crippen LogP contribution in [0.1, 0.15) is 12.8 Å². The summed E-state index contributed by atoms with van der Waals surface area (Å²) < 4.78 is 13.4. The number of piperidine rings is 1. The van der Waals surface area contributed by atoms with Gasteiger partial charge in [-0.3, -0.25) is 4.79 Å². The number of hydrogen-bond acceptors (Lipinski definition) is 5. The molecule has 154 valence electrons. The van der Waals surface area contributed by atoms with Crippen LogP contribution in [0, 0.1) is 5.82 Å². The number of carbonyl (C=O) groups excluding carboxylic acids is 1. The number of carbonyl (C=O) groups is 1. The van der Waals surface area contributed by atoms with Crippen molar-refractivity contribution in [3.63, 3.8) is 0 Å². The summed E-state index contributed by atoms with van der Waals surface area (Å²) in [7, 11) is 0. The average Bonchev–Trinajstić information content (AvgIpc) is 2.77. The second kappa shape index (κ2) is 8.67. The largest absolute Gasteiger partial charge is 0.382 e. The minimum Gasteiger partial charge on any atom is -0.382 e. The molecule has 1 aliphatic heterocycles. The van der Waals surface area contributed by atoms with Gasteiger partial charge < -0.3 is 15.5 Å². The Morgan fingerprint density at radius 2 is 1.93 bits per heavy atom. The fourth-order valence-corrected chi connectivity index (χ4v) is 3.75. The number of rotatable bonds is 5. The van der Waals surface area contributed by atoms with E-state index >= 15 is 0 Å². The molecule has 6 nitrogen and oxygen atoms in total. The van der Waals surface area contributed by atoms with Crippen LogP contribution in [-0.4, -0.2) is 39.9 Å². The Bertz CT molecular complexity index is 1100. The van der Waals surface area contributed by atoms with Crippen molar-refractivity contribution in [3.05, 3.63) is 66.2 Å². The van der Waals surface area contributed by atoms with E-state index in [1.807, 2.05) is 23.1 Å². The Hall–Kier alpha value is -3.19. The van der Waals surface area contributed by atoms with E-state index in [0.29, 0.717) is 24.6 Å². The number of aromatic nitrogens is 2. The quantitative estimate of drug-likeness (QED) is 0.577. The molecule has 1 aliphatic rings. The summed E-state index contributed by atoms with van der Waals surface area (Å²) in [4.78, 5) is 22.2. The summed E-state index contributed by atoms with van der Waals surface area (Å²) in [6.07, 6.45) is 4.57. The van der Waals surface area contributed by atoms with Gasteiger partial charge in [0.05, 0.1) is 10.5 Å². The first-order valence-electron chi connectivity index (χ1n) is 9.68. The van der Waals surface area contributed by atoms with Crippen molar-refractivity contribution < 1.29 is 9.18 Å². The van der Waals surface area contributed by atoms with E-state index < -0.39 is 5.82 Å². The van der Waals surface area contributed by atoms with E-state index in [9.17, 15) is 9.18 Å². The zero-order valence-electron chi connectivity index (χ0n) is 16.2. The Kier molecular flexibility index (Phi) is 5.81. The molecule has 1 saturated heterocycles. The van der Waals surface area contributed by atoms with Gasteiger partial charge in [0.15, 0.2) is 0 Å². The molecule has 0 atom stereocenters. The van der Waals surface area contributed by atoms with Crippen molar-refractivity contribution in [1.29, 1.82) is 0 Å². The number of fused-ring (bicyclic) bond motifs is 1. The summed E-state index contributed by atoms with van der Waals surface area (Å²) in [6.45, 7) is 4.96. The van der Waals surface area contributed by atoms with Crippen LogP contribution in [0.2, 0.25) is 5.02 Å². The fourth-order valence-electron chi connectivity index (χ4n) is 3.57. The Morgan fingerprint density at radius 1 is 1.17 bits per heavy atom. The molecule has 1 fully saturated rings. The van der Waals surface area contributed by atoms with Gasteiger partial charge in [0.25, 0.3) is 0 Å². The van der Waals surface area contributed by atoms with Crippen molar-refractivity contribution in [2.24, 2.45) is 0 Å². The van der Waals surface area contributed by atoms with E-state index in [0.717, 1.165) is 29.4 Å². The molecule has 0 aliphatic carbocycles. The van der Waals surface area contributed by atoms with Crippen molar-refractivity contribution in [2.45, 2.75) is 18.9 Å². The normalized spacial score (nSPS) is 14.5. The maximum Gasteiger partial charge on any atom is 0.245 e. The second-order valence-corrected chi connectivity index (χ2v) is 7.56. The third-order valence-corrected chi connectivity index (χ3v) is 5.46. The number of halogens is 2. The van der Waals surface area contributed by atoms with Crippen molar-refractivity contribution >= 4 is 45.6 Å². The van der Waals surface area contributed by atoms with Crippen LogP contribution in [-0.2, 0) is 4.79 Å². The number of nitrogens with zero attached hydrogens (tertiary/aromatic N) is 3. The van der Waals surface area contributed by atoms with E-state index in [1.165, 1.54) is 24.5 Å². The molecule has 0 saturated carbocycles. The summed E-state index contributed by atoms with van der Waals surface area (Å²) >= 11 is 5.88. The Balaban J connectivity index is 1.52. The molecule has 0 bridgehead atoms. The highest BCUT2D eigenvalue weighted by Gasteiger charge is 2.21. The molecule has 2 aromatic carbocycles. The summed E-state index contributed by atoms with van der Waals surface area (Å²) in [5.41, 5.74) is 2.38. The fraction of sp³-hybridized carbons (Fsp3) is 0.227. The number of hydrogen-bond donors (Lipinski definition) is 2. The number of amides is 1. The number of anilines is 3. The van der Waals surface area contributed by atoms with Gasteiger partial charge in [-0.05, 0) is 55.3 Å². The zero-order valence-corrected chi connectivity index (χ0v) is 17.0. The standard InChI is InChI=1S/C22H21ClFN5O/c1-2-21(30)29-9-7-14(8-10-29)27-15-4-6-20-17(11-15)22(26-13-25-20)28-16-3-5-19(24)18(23)12-16/h2-6,11-14,27H,1,7-10H2,(H,25,26,28). The third-order valence-electron chi connectivity index (χ3n) is 5.17. The van der Waals surface area contributed by atoms with Crippen LogP contribution in [0.5, 0.6) is 0 Å². The minimum absolute atomic E-state index is 0.0204. The lowest BCUT2D eigenvalue weighted by Gasteiger charge is -2.32. The van der Waals surface area contributed by atoms with Gasteiger partial charge in [0.1, 0.15) is 18.0 Å². The maximum absolute atomic E-state index is 13.4. The lowest BCUT2D eigenvalue weighted by molar-refractivity contribution is -0.126. The lowest BCUT2D eigenvalue weighted by Crippen LogP contribution is -2.41. The SMILES string of the molecule is C=CC(=O)N1CCC(Nc2ccc3ncnc(Nc4ccc(F)c(Cl)c4)c3c2)CC1. The first kappa shape index (κ1) is 20.1. The van der Waals surface area contributed by atoms with E-state index in [1.54, 1.807) is 6.07 Å². The van der Waals surface area contributed by atoms with Crippen molar-refractivity contribution in [2.75, 3.05) is 23.7 Å². The average molecular weight is 426 g/mol. The van der Waals surface area contributed by atoms with Gasteiger partial charge in [0.2, 0.25) is 5.91 Å². The molecule has 0 radical (unpaired) electrons. The predicted molar refractivity (Wildman–Crippen MR) is 118 cm³/mol. The van der Waals surface area contributed by atoms with Gasteiger partial charge in [0, 0.05) is 35.9 Å². The molecule has 30 heavy (non-hydrogen) atoms. The molecule has 2 N–H and O–H groups in total. The monoisotopic (exact) mass is 425 g/mol. The topological polar surface area (TPSA) is 70.2 Å². The van der Waals surface area contributed by atoms with Crippen LogP contribution < -0.4 is 10.6 Å². The highest BCUT2D eigenvalue weighted by Crippen LogP contribution is 2.28. The van der Waals surface area contributed by atoms with Crippen molar-refractivity contribution in [1.82, 2.24) is 14.9 Å². The third kappa shape index (κ3) is 4.36. The van der Waals surface area contributed by atoms with Gasteiger partial charge in [-0.2, -0.15) is 0 Å². The first-order valence-corrected chi connectivity index (χ1v) is 10.1. The summed E-state index contributed by atoms with van der Waals surface area (Å²) in [5, 5.41) is 7.61. The van der Waals surface area contributed by atoms with Crippen LogP contribution in [0.4, 0.5) is 21.6 Å². The van der Waals surface area contributed by atoms with Crippen LogP contribution in [0.3, 0.4) is 0 Å². The van der Waals surface area contributed by atoms with Crippen LogP contribution in [0.25, 0.3) is 10.9 Å². The number of nitrogens with one attached hydrogen (secondary N) is 2. The number of benzene rings is 2. The smallest absolute Gasteiger partial charge is 0.245 e. The van der Waals surface area contributed by atoms with Gasteiger partial charge >= 0.3 is 0 Å². The molecule has 8 heteroatoms. The highest BCUT2D eigenvalue weighted by atomic mass is 35.5. The van der Waals surface area contributed by atoms with Gasteiger partial charge in [-0.15, -0.1) is 0 Å². The lowest BCUT2D eigenvalue weighted by atomic mass is 10.0. The van der Waals surface area contributed by atoms with Crippen molar-refractivity contribution in [3.8, 4) is 0 Å². The molecule has 1 aromatic heterocycles. The minimum atomic E-state index is -0.470. The molecule has 0 unspecified atom stereocenters. The zero-order chi connectivity index (χ0) is 21.1. The number of likely N-dealkylation sites (tertiary alicyclic amines) is 1. The van der Waals surface area contributed by atoms with E-state index in [-0.39, 0.29) is 17.0 Å². The van der Waals surface area contributed by atoms with E-state index in [4.69, 9.17) is 11.6 Å². The molecule has 2 heterocycles. The molecule has 3 aromatic rings. The molecule has 4 rings (SSSR count). The summed E-state index contributed by atoms with van der Waals surface area (Å²) in [5.74, 6) is 0.118. The second-order valence-electron chi connectivity index (χ2n) is 7.16.